The average molecular weight is 229 g/mol. The van der Waals surface area contributed by atoms with Crippen molar-refractivity contribution in [2.45, 2.75) is 19.8 Å². The molecule has 17 heavy (non-hydrogen) atoms. The number of phenolic OH excluding ortho intramolecular Hbond substituents is 1. The number of aromatic hydroxyl groups is 1. The summed E-state index contributed by atoms with van der Waals surface area (Å²) in [5, 5.41) is 9.44. The first-order chi connectivity index (χ1) is 8.06. The number of phenols is 1. The molecule has 88 valence electrons. The van der Waals surface area contributed by atoms with Crippen LogP contribution in [-0.4, -0.2) is 15.1 Å². The number of aromatic nitrogens is 2. The second-order valence-electron chi connectivity index (χ2n) is 4.25. The third kappa shape index (κ3) is 2.53. The predicted octanol–water partition coefficient (Wildman–Crippen LogP) is 2.55. The first-order valence-corrected chi connectivity index (χ1v) is 5.50. The maximum atomic E-state index is 9.44. The molecule has 0 saturated heterocycles. The van der Waals surface area contributed by atoms with Gasteiger partial charge in [-0.25, -0.2) is 9.97 Å². The fraction of sp³-hybridized carbons (Fsp3) is 0.231. The van der Waals surface area contributed by atoms with Crippen LogP contribution < -0.4 is 5.73 Å². The first kappa shape index (κ1) is 11.4. The van der Waals surface area contributed by atoms with Gasteiger partial charge in [0.15, 0.2) is 5.82 Å². The van der Waals surface area contributed by atoms with Gasteiger partial charge in [-0.1, -0.05) is 26.0 Å². The molecule has 3 N–H and O–H groups in total. The van der Waals surface area contributed by atoms with Gasteiger partial charge < -0.3 is 10.8 Å². The normalized spacial score (nSPS) is 10.8. The summed E-state index contributed by atoms with van der Waals surface area (Å²) in [5.74, 6) is 1.47. The number of rotatable bonds is 2. The molecule has 0 aliphatic heterocycles. The smallest absolute Gasteiger partial charge is 0.161 e. The van der Waals surface area contributed by atoms with Crippen LogP contribution in [0.3, 0.4) is 0 Å². The highest BCUT2D eigenvalue weighted by molar-refractivity contribution is 5.59. The van der Waals surface area contributed by atoms with E-state index >= 15 is 0 Å². The van der Waals surface area contributed by atoms with Crippen LogP contribution in [0.2, 0.25) is 0 Å². The number of hydrogen-bond donors (Lipinski definition) is 2. The van der Waals surface area contributed by atoms with Gasteiger partial charge in [0.1, 0.15) is 11.6 Å². The van der Waals surface area contributed by atoms with E-state index in [2.05, 4.69) is 9.97 Å². The molecule has 4 nitrogen and oxygen atoms in total. The van der Waals surface area contributed by atoms with Crippen LogP contribution in [0.25, 0.3) is 11.4 Å². The van der Waals surface area contributed by atoms with Crippen molar-refractivity contribution in [1.82, 2.24) is 9.97 Å². The maximum Gasteiger partial charge on any atom is 0.161 e. The highest BCUT2D eigenvalue weighted by atomic mass is 16.3. The van der Waals surface area contributed by atoms with E-state index in [9.17, 15) is 5.11 Å². The number of anilines is 1. The van der Waals surface area contributed by atoms with Gasteiger partial charge in [-0.05, 0) is 18.1 Å². The number of hydrogen-bond acceptors (Lipinski definition) is 4. The molecule has 0 fully saturated rings. The minimum atomic E-state index is 0.194. The lowest BCUT2D eigenvalue weighted by Crippen LogP contribution is -2.01. The standard InChI is InChI=1S/C13H15N3O/c1-8(2)11-7-12(14)16-13(15-11)9-4-3-5-10(17)6-9/h3-8,17H,1-2H3,(H2,14,15,16). The predicted molar refractivity (Wildman–Crippen MR) is 67.6 cm³/mol. The quantitative estimate of drug-likeness (QED) is 0.830. The second-order valence-corrected chi connectivity index (χ2v) is 4.25. The van der Waals surface area contributed by atoms with Gasteiger partial charge in [0.25, 0.3) is 0 Å². The summed E-state index contributed by atoms with van der Waals surface area (Å²) in [7, 11) is 0. The summed E-state index contributed by atoms with van der Waals surface area (Å²) in [6.07, 6.45) is 0. The third-order valence-electron chi connectivity index (χ3n) is 2.46. The Morgan fingerprint density at radius 3 is 2.59 bits per heavy atom. The van der Waals surface area contributed by atoms with E-state index in [1.54, 1.807) is 24.3 Å². The maximum absolute atomic E-state index is 9.44. The molecule has 0 radical (unpaired) electrons. The molecule has 1 aromatic carbocycles. The molecule has 0 amide bonds. The summed E-state index contributed by atoms with van der Waals surface area (Å²) < 4.78 is 0. The minimum Gasteiger partial charge on any atom is -0.508 e. The van der Waals surface area contributed by atoms with Crippen molar-refractivity contribution < 1.29 is 5.11 Å². The molecule has 0 aliphatic carbocycles. The summed E-state index contributed by atoms with van der Waals surface area (Å²) in [5.41, 5.74) is 7.42. The van der Waals surface area contributed by atoms with E-state index < -0.39 is 0 Å². The monoisotopic (exact) mass is 229 g/mol. The molecule has 1 aromatic heterocycles. The zero-order chi connectivity index (χ0) is 12.4. The van der Waals surface area contributed by atoms with Crippen molar-refractivity contribution in [3.8, 4) is 17.1 Å². The lowest BCUT2D eigenvalue weighted by molar-refractivity contribution is 0.475. The lowest BCUT2D eigenvalue weighted by Gasteiger charge is -2.08. The summed E-state index contributed by atoms with van der Waals surface area (Å²) >= 11 is 0. The Morgan fingerprint density at radius 1 is 1.18 bits per heavy atom. The van der Waals surface area contributed by atoms with E-state index in [1.807, 2.05) is 19.9 Å². The molecule has 0 spiro atoms. The average Bonchev–Trinajstić information content (AvgIpc) is 2.28. The van der Waals surface area contributed by atoms with Crippen LogP contribution in [0.5, 0.6) is 5.75 Å². The van der Waals surface area contributed by atoms with E-state index in [0.29, 0.717) is 11.6 Å². The number of nitrogen functional groups attached to an aromatic ring is 1. The van der Waals surface area contributed by atoms with Crippen LogP contribution in [-0.2, 0) is 0 Å². The van der Waals surface area contributed by atoms with Gasteiger partial charge in [0.05, 0.1) is 0 Å². The molecule has 0 aliphatic rings. The molecule has 4 heteroatoms. The molecule has 0 saturated carbocycles. The van der Waals surface area contributed by atoms with Gasteiger partial charge in [-0.2, -0.15) is 0 Å². The van der Waals surface area contributed by atoms with Gasteiger partial charge >= 0.3 is 0 Å². The molecule has 0 atom stereocenters. The van der Waals surface area contributed by atoms with Gasteiger partial charge in [0, 0.05) is 17.3 Å². The number of nitrogens with zero attached hydrogens (tertiary/aromatic N) is 2. The van der Waals surface area contributed by atoms with Crippen LogP contribution in [0.1, 0.15) is 25.5 Å². The zero-order valence-corrected chi connectivity index (χ0v) is 9.88. The topological polar surface area (TPSA) is 72.0 Å². The largest absolute Gasteiger partial charge is 0.508 e. The fourth-order valence-electron chi connectivity index (χ4n) is 1.56. The Bertz CT molecular complexity index is 538. The highest BCUT2D eigenvalue weighted by Crippen LogP contribution is 2.23. The van der Waals surface area contributed by atoms with E-state index in [-0.39, 0.29) is 11.7 Å². The number of nitrogens with two attached hydrogens (primary N) is 1. The van der Waals surface area contributed by atoms with Crippen molar-refractivity contribution in [1.29, 1.82) is 0 Å². The zero-order valence-electron chi connectivity index (χ0n) is 9.88. The van der Waals surface area contributed by atoms with Crippen LogP contribution in [0.4, 0.5) is 5.82 Å². The molecule has 0 unspecified atom stereocenters. The van der Waals surface area contributed by atoms with Crippen LogP contribution >= 0.6 is 0 Å². The summed E-state index contributed by atoms with van der Waals surface area (Å²) in [6.45, 7) is 4.10. The van der Waals surface area contributed by atoms with E-state index in [0.717, 1.165) is 11.3 Å². The van der Waals surface area contributed by atoms with Crippen LogP contribution in [0.15, 0.2) is 30.3 Å². The Morgan fingerprint density at radius 2 is 1.94 bits per heavy atom. The highest BCUT2D eigenvalue weighted by Gasteiger charge is 2.08. The molecular formula is C13H15N3O. The Labute approximate surface area is 100 Å². The van der Waals surface area contributed by atoms with Crippen molar-refractivity contribution in [2.24, 2.45) is 0 Å². The van der Waals surface area contributed by atoms with Gasteiger partial charge in [0.2, 0.25) is 0 Å². The minimum absolute atomic E-state index is 0.194. The van der Waals surface area contributed by atoms with Gasteiger partial charge in [-0.3, -0.25) is 0 Å². The summed E-state index contributed by atoms with van der Waals surface area (Å²) in [4.78, 5) is 8.63. The Balaban J connectivity index is 2.52. The van der Waals surface area contributed by atoms with Crippen molar-refractivity contribution >= 4 is 5.82 Å². The third-order valence-corrected chi connectivity index (χ3v) is 2.46. The Hall–Kier alpha value is -2.10. The molecule has 2 aromatic rings. The molecule has 0 bridgehead atoms. The molecule has 1 heterocycles. The van der Waals surface area contributed by atoms with Gasteiger partial charge in [-0.15, -0.1) is 0 Å². The van der Waals surface area contributed by atoms with Crippen molar-refractivity contribution in [2.75, 3.05) is 5.73 Å². The van der Waals surface area contributed by atoms with Crippen LogP contribution in [0, 0.1) is 0 Å². The SMILES string of the molecule is CC(C)c1cc(N)nc(-c2cccc(O)c2)n1. The fourth-order valence-corrected chi connectivity index (χ4v) is 1.56. The Kier molecular flexibility index (Phi) is 2.95. The van der Waals surface area contributed by atoms with Crippen molar-refractivity contribution in [3.63, 3.8) is 0 Å². The second kappa shape index (κ2) is 4.41. The van der Waals surface area contributed by atoms with E-state index in [1.165, 1.54) is 0 Å². The first-order valence-electron chi connectivity index (χ1n) is 5.50. The van der Waals surface area contributed by atoms with E-state index in [4.69, 9.17) is 5.73 Å². The van der Waals surface area contributed by atoms with Crippen molar-refractivity contribution in [3.05, 3.63) is 36.0 Å². The summed E-state index contributed by atoms with van der Waals surface area (Å²) in [6, 6.07) is 8.61. The molecule has 2 rings (SSSR count). The lowest BCUT2D eigenvalue weighted by atomic mass is 10.1. The molecular weight excluding hydrogens is 214 g/mol. The number of benzene rings is 1.